The van der Waals surface area contributed by atoms with E-state index in [4.69, 9.17) is 4.74 Å². The minimum absolute atomic E-state index is 0.162. The van der Waals surface area contributed by atoms with Gasteiger partial charge in [0, 0.05) is 18.3 Å². The lowest BCUT2D eigenvalue weighted by Gasteiger charge is -2.18. The Hall–Kier alpha value is -2.82. The summed E-state index contributed by atoms with van der Waals surface area (Å²) in [5, 5.41) is 5.48. The van der Waals surface area contributed by atoms with Crippen LogP contribution in [0, 0.1) is 13.8 Å². The molecule has 0 aromatic heterocycles. The van der Waals surface area contributed by atoms with Crippen LogP contribution in [-0.4, -0.2) is 17.9 Å². The summed E-state index contributed by atoms with van der Waals surface area (Å²) in [6, 6.07) is 12.8. The van der Waals surface area contributed by atoms with Gasteiger partial charge in [-0.05, 0) is 50.1 Å². The summed E-state index contributed by atoms with van der Waals surface area (Å²) >= 11 is 0. The first-order valence-electron chi connectivity index (χ1n) is 7.78. The fraction of sp³-hybridized carbons (Fsp3) is 0.263. The molecule has 2 amide bonds. The van der Waals surface area contributed by atoms with Crippen LogP contribution >= 0.6 is 0 Å². The molecule has 0 aliphatic heterocycles. The molecule has 2 aromatic carbocycles. The third-order valence-electron chi connectivity index (χ3n) is 3.52. The Morgan fingerprint density at radius 1 is 0.958 bits per heavy atom. The molecule has 0 heterocycles. The summed E-state index contributed by atoms with van der Waals surface area (Å²) in [7, 11) is 0. The molecule has 5 heteroatoms. The molecule has 2 aromatic rings. The van der Waals surface area contributed by atoms with E-state index in [0.717, 1.165) is 16.9 Å². The number of aryl methyl sites for hydroxylation is 2. The SMILES string of the molecule is CC(=O)Nc1cccc(NC(=O)C(C)Oc2c(C)cccc2C)c1. The first-order valence-corrected chi connectivity index (χ1v) is 7.78. The van der Waals surface area contributed by atoms with E-state index in [1.54, 1.807) is 31.2 Å². The van der Waals surface area contributed by atoms with Crippen LogP contribution in [0.3, 0.4) is 0 Å². The van der Waals surface area contributed by atoms with Crippen LogP contribution in [0.25, 0.3) is 0 Å². The summed E-state index contributed by atoms with van der Waals surface area (Å²) in [6.07, 6.45) is -0.644. The second-order valence-electron chi connectivity index (χ2n) is 5.73. The predicted octanol–water partition coefficient (Wildman–Crippen LogP) is 3.67. The molecule has 0 fully saturated rings. The van der Waals surface area contributed by atoms with Gasteiger partial charge < -0.3 is 15.4 Å². The third kappa shape index (κ3) is 4.59. The zero-order valence-electron chi connectivity index (χ0n) is 14.3. The van der Waals surface area contributed by atoms with Crippen LogP contribution in [-0.2, 0) is 9.59 Å². The number of benzene rings is 2. The van der Waals surface area contributed by atoms with Gasteiger partial charge in [0.25, 0.3) is 5.91 Å². The largest absolute Gasteiger partial charge is 0.480 e. The Morgan fingerprint density at radius 2 is 1.50 bits per heavy atom. The summed E-state index contributed by atoms with van der Waals surface area (Å²) in [5.41, 5.74) is 3.21. The second kappa shape index (κ2) is 7.64. The Morgan fingerprint density at radius 3 is 2.08 bits per heavy atom. The Labute approximate surface area is 142 Å². The minimum atomic E-state index is -0.644. The van der Waals surface area contributed by atoms with Gasteiger partial charge in [-0.1, -0.05) is 24.3 Å². The molecular weight excluding hydrogens is 304 g/mol. The lowest BCUT2D eigenvalue weighted by Crippen LogP contribution is -2.30. The highest BCUT2D eigenvalue weighted by molar-refractivity contribution is 5.95. The zero-order chi connectivity index (χ0) is 17.7. The molecule has 1 atom stereocenters. The maximum absolute atomic E-state index is 12.3. The zero-order valence-corrected chi connectivity index (χ0v) is 14.3. The summed E-state index contributed by atoms with van der Waals surface area (Å²) in [4.78, 5) is 23.5. The fourth-order valence-corrected chi connectivity index (χ4v) is 2.34. The van der Waals surface area contributed by atoms with E-state index in [9.17, 15) is 9.59 Å². The van der Waals surface area contributed by atoms with Crippen molar-refractivity contribution >= 4 is 23.2 Å². The first-order chi connectivity index (χ1) is 11.4. The average Bonchev–Trinajstić information content (AvgIpc) is 2.50. The van der Waals surface area contributed by atoms with Crippen LogP contribution in [0.4, 0.5) is 11.4 Å². The van der Waals surface area contributed by atoms with E-state index in [-0.39, 0.29) is 11.8 Å². The number of nitrogens with one attached hydrogen (secondary N) is 2. The van der Waals surface area contributed by atoms with E-state index in [1.807, 2.05) is 32.0 Å². The lowest BCUT2D eigenvalue weighted by molar-refractivity contribution is -0.122. The quantitative estimate of drug-likeness (QED) is 0.881. The number of para-hydroxylation sites is 1. The van der Waals surface area contributed by atoms with Gasteiger partial charge in [-0.25, -0.2) is 0 Å². The third-order valence-corrected chi connectivity index (χ3v) is 3.52. The molecule has 24 heavy (non-hydrogen) atoms. The molecular formula is C19H22N2O3. The van der Waals surface area contributed by atoms with Gasteiger partial charge in [0.2, 0.25) is 5.91 Å². The predicted molar refractivity (Wildman–Crippen MR) is 95.4 cm³/mol. The molecule has 0 aliphatic carbocycles. The molecule has 1 unspecified atom stereocenters. The summed E-state index contributed by atoms with van der Waals surface area (Å²) in [5.74, 6) is 0.315. The Balaban J connectivity index is 2.05. The molecule has 0 spiro atoms. The van der Waals surface area contributed by atoms with E-state index < -0.39 is 6.10 Å². The normalized spacial score (nSPS) is 11.5. The molecule has 0 aliphatic rings. The molecule has 0 radical (unpaired) electrons. The van der Waals surface area contributed by atoms with Crippen LogP contribution in [0.5, 0.6) is 5.75 Å². The average molecular weight is 326 g/mol. The molecule has 0 saturated heterocycles. The number of carbonyl (C=O) groups excluding carboxylic acids is 2. The molecule has 126 valence electrons. The maximum Gasteiger partial charge on any atom is 0.265 e. The summed E-state index contributed by atoms with van der Waals surface area (Å²) in [6.45, 7) is 7.04. The second-order valence-corrected chi connectivity index (χ2v) is 5.73. The molecule has 0 saturated carbocycles. The minimum Gasteiger partial charge on any atom is -0.480 e. The van der Waals surface area contributed by atoms with Crippen molar-refractivity contribution in [2.45, 2.75) is 33.8 Å². The topological polar surface area (TPSA) is 67.4 Å². The van der Waals surface area contributed by atoms with Gasteiger partial charge >= 0.3 is 0 Å². The van der Waals surface area contributed by atoms with Crippen LogP contribution < -0.4 is 15.4 Å². The number of ether oxygens (including phenoxy) is 1. The van der Waals surface area contributed by atoms with Gasteiger partial charge in [0.15, 0.2) is 6.10 Å². The highest BCUT2D eigenvalue weighted by Gasteiger charge is 2.17. The number of anilines is 2. The van der Waals surface area contributed by atoms with Crippen molar-refractivity contribution in [1.82, 2.24) is 0 Å². The monoisotopic (exact) mass is 326 g/mol. The molecule has 5 nitrogen and oxygen atoms in total. The number of rotatable bonds is 5. The number of hydrogen-bond acceptors (Lipinski definition) is 3. The van der Waals surface area contributed by atoms with Crippen molar-refractivity contribution in [3.8, 4) is 5.75 Å². The van der Waals surface area contributed by atoms with E-state index in [0.29, 0.717) is 11.4 Å². The van der Waals surface area contributed by atoms with Crippen molar-refractivity contribution in [3.63, 3.8) is 0 Å². The maximum atomic E-state index is 12.3. The Bertz CT molecular complexity index is 736. The van der Waals surface area contributed by atoms with Crippen molar-refractivity contribution in [3.05, 3.63) is 53.6 Å². The van der Waals surface area contributed by atoms with Gasteiger partial charge in [-0.2, -0.15) is 0 Å². The van der Waals surface area contributed by atoms with Gasteiger partial charge in [0.05, 0.1) is 0 Å². The molecule has 2 rings (SSSR count). The standard InChI is InChI=1S/C19H22N2O3/c1-12-7-5-8-13(2)18(12)24-14(3)19(23)21-17-10-6-9-16(11-17)20-15(4)22/h5-11,14H,1-4H3,(H,20,22)(H,21,23). The van der Waals surface area contributed by atoms with Gasteiger partial charge in [-0.15, -0.1) is 0 Å². The molecule has 2 N–H and O–H groups in total. The van der Waals surface area contributed by atoms with Crippen molar-refractivity contribution in [2.75, 3.05) is 10.6 Å². The Kier molecular flexibility index (Phi) is 5.58. The van der Waals surface area contributed by atoms with Crippen LogP contribution in [0.1, 0.15) is 25.0 Å². The highest BCUT2D eigenvalue weighted by Crippen LogP contribution is 2.24. The van der Waals surface area contributed by atoms with E-state index in [2.05, 4.69) is 10.6 Å². The number of carbonyl (C=O) groups is 2. The van der Waals surface area contributed by atoms with Gasteiger partial charge in [0.1, 0.15) is 5.75 Å². The number of amides is 2. The van der Waals surface area contributed by atoms with E-state index in [1.165, 1.54) is 6.92 Å². The summed E-state index contributed by atoms with van der Waals surface area (Å²) < 4.78 is 5.82. The van der Waals surface area contributed by atoms with Crippen LogP contribution in [0.2, 0.25) is 0 Å². The molecule has 0 bridgehead atoms. The highest BCUT2D eigenvalue weighted by atomic mass is 16.5. The first kappa shape index (κ1) is 17.5. The smallest absolute Gasteiger partial charge is 0.265 e. The van der Waals surface area contributed by atoms with E-state index >= 15 is 0 Å². The van der Waals surface area contributed by atoms with Crippen LogP contribution in [0.15, 0.2) is 42.5 Å². The number of hydrogen-bond donors (Lipinski definition) is 2. The van der Waals surface area contributed by atoms with Crippen molar-refractivity contribution in [1.29, 1.82) is 0 Å². The fourth-order valence-electron chi connectivity index (χ4n) is 2.34. The van der Waals surface area contributed by atoms with Crippen molar-refractivity contribution < 1.29 is 14.3 Å². The van der Waals surface area contributed by atoms with Crippen molar-refractivity contribution in [2.24, 2.45) is 0 Å². The van der Waals surface area contributed by atoms with Gasteiger partial charge in [-0.3, -0.25) is 9.59 Å². The lowest BCUT2D eigenvalue weighted by atomic mass is 10.1.